The van der Waals surface area contributed by atoms with Gasteiger partial charge in [-0.2, -0.15) is 5.10 Å². The van der Waals surface area contributed by atoms with Crippen molar-refractivity contribution in [3.05, 3.63) is 35.5 Å². The maximum Gasteiger partial charge on any atom is 0.252 e. The fourth-order valence-electron chi connectivity index (χ4n) is 1.86. The summed E-state index contributed by atoms with van der Waals surface area (Å²) in [7, 11) is 1.88. The quantitative estimate of drug-likeness (QED) is 0.847. The van der Waals surface area contributed by atoms with E-state index in [1.165, 1.54) is 11.8 Å². The number of nitrogens with one attached hydrogen (secondary N) is 1. The Morgan fingerprint density at radius 1 is 1.45 bits per heavy atom. The summed E-state index contributed by atoms with van der Waals surface area (Å²) in [6.07, 6.45) is 0. The highest BCUT2D eigenvalue weighted by Gasteiger charge is 2.14. The maximum atomic E-state index is 12.1. The average Bonchev–Trinajstić information content (AvgIpc) is 2.68. The Morgan fingerprint density at radius 3 is 2.80 bits per heavy atom. The summed E-state index contributed by atoms with van der Waals surface area (Å²) in [5, 5.41) is 8.09. The number of amides is 1. The Kier molecular flexibility index (Phi) is 4.34. The van der Waals surface area contributed by atoms with Crippen LogP contribution in [-0.2, 0) is 7.05 Å². The molecule has 0 spiro atoms. The van der Waals surface area contributed by atoms with Crippen LogP contribution in [-0.4, -0.2) is 22.2 Å². The third-order valence-corrected chi connectivity index (χ3v) is 3.91. The number of hydrogen-bond acceptors (Lipinski definition) is 4. The smallest absolute Gasteiger partial charge is 0.252 e. The topological polar surface area (TPSA) is 72.9 Å². The van der Waals surface area contributed by atoms with Gasteiger partial charge < -0.3 is 11.1 Å². The predicted octanol–water partition coefficient (Wildman–Crippen LogP) is 2.21. The number of anilines is 1. The van der Waals surface area contributed by atoms with E-state index in [-0.39, 0.29) is 5.91 Å². The molecule has 1 aromatic carbocycles. The molecule has 2 rings (SSSR count). The van der Waals surface area contributed by atoms with E-state index in [4.69, 9.17) is 5.73 Å². The number of carbonyl (C=O) groups excluding carboxylic acids is 1. The number of benzene rings is 1. The first kappa shape index (κ1) is 14.5. The summed E-state index contributed by atoms with van der Waals surface area (Å²) >= 11 is 1.49. The number of nitrogens with two attached hydrogens (primary N) is 1. The Morgan fingerprint density at radius 2 is 2.20 bits per heavy atom. The standard InChI is InChI=1S/C14H18N4OS/c1-4-16-14(19)11-6-5-10(15)8-12(11)20-13-7-9(2)17-18(13)3/h5-8H,4,15H2,1-3H3,(H,16,19). The number of aromatic nitrogens is 2. The van der Waals surface area contributed by atoms with E-state index in [9.17, 15) is 4.79 Å². The van der Waals surface area contributed by atoms with E-state index in [0.29, 0.717) is 17.8 Å². The van der Waals surface area contributed by atoms with Crippen molar-refractivity contribution in [1.82, 2.24) is 15.1 Å². The van der Waals surface area contributed by atoms with Crippen molar-refractivity contribution in [2.45, 2.75) is 23.8 Å². The fourth-order valence-corrected chi connectivity index (χ4v) is 2.96. The first-order valence-electron chi connectivity index (χ1n) is 6.37. The minimum atomic E-state index is -0.0890. The SMILES string of the molecule is CCNC(=O)c1ccc(N)cc1Sc1cc(C)nn1C. The molecule has 1 aromatic heterocycles. The molecule has 0 unspecified atom stereocenters. The molecule has 2 aromatic rings. The molecule has 0 aliphatic heterocycles. The summed E-state index contributed by atoms with van der Waals surface area (Å²) in [4.78, 5) is 12.9. The van der Waals surface area contributed by atoms with E-state index in [2.05, 4.69) is 10.4 Å². The second-order valence-corrected chi connectivity index (χ2v) is 5.53. The van der Waals surface area contributed by atoms with Gasteiger partial charge in [-0.1, -0.05) is 11.8 Å². The number of carbonyl (C=O) groups is 1. The molecule has 20 heavy (non-hydrogen) atoms. The zero-order valence-electron chi connectivity index (χ0n) is 11.8. The molecule has 5 nitrogen and oxygen atoms in total. The second kappa shape index (κ2) is 6.00. The van der Waals surface area contributed by atoms with Crippen molar-refractivity contribution in [3.8, 4) is 0 Å². The van der Waals surface area contributed by atoms with Crippen molar-refractivity contribution < 1.29 is 4.79 Å². The van der Waals surface area contributed by atoms with Gasteiger partial charge in [-0.15, -0.1) is 0 Å². The molecule has 0 aliphatic rings. The molecule has 0 bridgehead atoms. The van der Waals surface area contributed by atoms with Gasteiger partial charge in [0.1, 0.15) is 0 Å². The Labute approximate surface area is 122 Å². The summed E-state index contributed by atoms with van der Waals surface area (Å²) < 4.78 is 1.80. The number of hydrogen-bond donors (Lipinski definition) is 2. The molecule has 0 radical (unpaired) electrons. The molecular weight excluding hydrogens is 272 g/mol. The lowest BCUT2D eigenvalue weighted by molar-refractivity contribution is 0.0953. The van der Waals surface area contributed by atoms with Crippen LogP contribution in [0.2, 0.25) is 0 Å². The van der Waals surface area contributed by atoms with Gasteiger partial charge in [-0.05, 0) is 38.1 Å². The molecule has 1 heterocycles. The van der Waals surface area contributed by atoms with Crippen LogP contribution in [0, 0.1) is 6.92 Å². The van der Waals surface area contributed by atoms with Gasteiger partial charge in [0.15, 0.2) is 0 Å². The van der Waals surface area contributed by atoms with Gasteiger partial charge in [0.05, 0.1) is 16.3 Å². The molecular formula is C14H18N4OS. The van der Waals surface area contributed by atoms with Crippen molar-refractivity contribution in [3.63, 3.8) is 0 Å². The van der Waals surface area contributed by atoms with E-state index in [0.717, 1.165) is 15.6 Å². The number of aryl methyl sites for hydroxylation is 2. The van der Waals surface area contributed by atoms with Gasteiger partial charge in [0.2, 0.25) is 0 Å². The highest BCUT2D eigenvalue weighted by atomic mass is 32.2. The summed E-state index contributed by atoms with van der Waals surface area (Å²) in [5.74, 6) is -0.0890. The molecule has 0 saturated heterocycles. The molecule has 0 fully saturated rings. The second-order valence-electron chi connectivity index (χ2n) is 4.46. The zero-order chi connectivity index (χ0) is 14.7. The minimum Gasteiger partial charge on any atom is -0.399 e. The number of nitrogens with zero attached hydrogens (tertiary/aromatic N) is 2. The van der Waals surface area contributed by atoms with Gasteiger partial charge in [0.25, 0.3) is 5.91 Å². The lowest BCUT2D eigenvalue weighted by atomic mass is 10.2. The highest BCUT2D eigenvalue weighted by Crippen LogP contribution is 2.32. The van der Waals surface area contributed by atoms with E-state index >= 15 is 0 Å². The molecule has 0 aliphatic carbocycles. The van der Waals surface area contributed by atoms with Crippen LogP contribution in [0.15, 0.2) is 34.2 Å². The molecule has 1 amide bonds. The first-order chi connectivity index (χ1) is 9.51. The van der Waals surface area contributed by atoms with Gasteiger partial charge in [0, 0.05) is 24.2 Å². The molecule has 3 N–H and O–H groups in total. The minimum absolute atomic E-state index is 0.0890. The van der Waals surface area contributed by atoms with E-state index in [1.807, 2.05) is 33.0 Å². The number of rotatable bonds is 4. The maximum absolute atomic E-state index is 12.1. The summed E-state index contributed by atoms with van der Waals surface area (Å²) in [6.45, 7) is 4.43. The third kappa shape index (κ3) is 3.14. The third-order valence-electron chi connectivity index (χ3n) is 2.76. The van der Waals surface area contributed by atoms with Crippen LogP contribution < -0.4 is 11.1 Å². The first-order valence-corrected chi connectivity index (χ1v) is 7.19. The molecule has 106 valence electrons. The predicted molar refractivity (Wildman–Crippen MR) is 80.9 cm³/mol. The Hall–Kier alpha value is -1.95. The van der Waals surface area contributed by atoms with Crippen LogP contribution in [0.5, 0.6) is 0 Å². The summed E-state index contributed by atoms with van der Waals surface area (Å²) in [6, 6.07) is 7.29. The highest BCUT2D eigenvalue weighted by molar-refractivity contribution is 7.99. The molecule has 0 atom stereocenters. The van der Waals surface area contributed by atoms with Crippen LogP contribution >= 0.6 is 11.8 Å². The van der Waals surface area contributed by atoms with Crippen molar-refractivity contribution >= 4 is 23.4 Å². The Bertz CT molecular complexity index is 636. The largest absolute Gasteiger partial charge is 0.399 e. The monoisotopic (exact) mass is 290 g/mol. The zero-order valence-corrected chi connectivity index (χ0v) is 12.6. The van der Waals surface area contributed by atoms with Crippen LogP contribution in [0.1, 0.15) is 23.0 Å². The number of nitrogen functional groups attached to an aromatic ring is 1. The average molecular weight is 290 g/mol. The van der Waals surface area contributed by atoms with Crippen LogP contribution in [0.25, 0.3) is 0 Å². The fraction of sp³-hybridized carbons (Fsp3) is 0.286. The summed E-state index contributed by atoms with van der Waals surface area (Å²) in [5.41, 5.74) is 8.04. The van der Waals surface area contributed by atoms with Crippen molar-refractivity contribution in [2.24, 2.45) is 7.05 Å². The van der Waals surface area contributed by atoms with Crippen molar-refractivity contribution in [2.75, 3.05) is 12.3 Å². The van der Waals surface area contributed by atoms with Crippen molar-refractivity contribution in [1.29, 1.82) is 0 Å². The lowest BCUT2D eigenvalue weighted by Crippen LogP contribution is -2.23. The van der Waals surface area contributed by atoms with E-state index in [1.54, 1.807) is 16.8 Å². The van der Waals surface area contributed by atoms with Crippen LogP contribution in [0.4, 0.5) is 5.69 Å². The van der Waals surface area contributed by atoms with Crippen LogP contribution in [0.3, 0.4) is 0 Å². The Balaban J connectivity index is 2.37. The molecule has 6 heteroatoms. The lowest BCUT2D eigenvalue weighted by Gasteiger charge is -2.10. The normalized spacial score (nSPS) is 10.6. The molecule has 0 saturated carbocycles. The van der Waals surface area contributed by atoms with Gasteiger partial charge >= 0.3 is 0 Å². The van der Waals surface area contributed by atoms with E-state index < -0.39 is 0 Å². The van der Waals surface area contributed by atoms with Gasteiger partial charge in [-0.3, -0.25) is 9.48 Å². The van der Waals surface area contributed by atoms with Gasteiger partial charge in [-0.25, -0.2) is 0 Å².